The SMILES string of the molecule is Cc1ccc2c(C)cccc2c1C=O. The van der Waals surface area contributed by atoms with E-state index in [2.05, 4.69) is 19.1 Å². The highest BCUT2D eigenvalue weighted by molar-refractivity contribution is 6.00. The number of hydrogen-bond donors (Lipinski definition) is 0. The van der Waals surface area contributed by atoms with E-state index < -0.39 is 0 Å². The van der Waals surface area contributed by atoms with E-state index in [1.165, 1.54) is 10.9 Å². The van der Waals surface area contributed by atoms with E-state index in [1.807, 2.05) is 25.1 Å². The van der Waals surface area contributed by atoms with Crippen molar-refractivity contribution in [3.05, 3.63) is 47.0 Å². The molecule has 0 aliphatic rings. The van der Waals surface area contributed by atoms with E-state index in [9.17, 15) is 4.79 Å². The lowest BCUT2D eigenvalue weighted by Crippen LogP contribution is -1.89. The average molecular weight is 184 g/mol. The van der Waals surface area contributed by atoms with Gasteiger partial charge in [-0.1, -0.05) is 30.3 Å². The van der Waals surface area contributed by atoms with Crippen molar-refractivity contribution in [3.63, 3.8) is 0 Å². The second-order valence-corrected chi connectivity index (χ2v) is 3.58. The Balaban J connectivity index is 2.95. The molecule has 0 bridgehead atoms. The van der Waals surface area contributed by atoms with Gasteiger partial charge in [-0.2, -0.15) is 0 Å². The van der Waals surface area contributed by atoms with Crippen LogP contribution in [0.4, 0.5) is 0 Å². The first-order valence-electron chi connectivity index (χ1n) is 4.68. The largest absolute Gasteiger partial charge is 0.298 e. The minimum atomic E-state index is 0.811. The van der Waals surface area contributed by atoms with Gasteiger partial charge in [0.1, 0.15) is 0 Å². The zero-order valence-electron chi connectivity index (χ0n) is 8.37. The summed E-state index contributed by atoms with van der Waals surface area (Å²) in [5, 5.41) is 2.22. The van der Waals surface area contributed by atoms with Gasteiger partial charge in [-0.15, -0.1) is 0 Å². The summed E-state index contributed by atoms with van der Waals surface area (Å²) in [5.41, 5.74) is 3.06. The van der Waals surface area contributed by atoms with Crippen LogP contribution in [0, 0.1) is 13.8 Å². The van der Waals surface area contributed by atoms with Crippen molar-refractivity contribution < 1.29 is 4.79 Å². The number of fused-ring (bicyclic) bond motifs is 1. The quantitative estimate of drug-likeness (QED) is 0.622. The van der Waals surface area contributed by atoms with Crippen LogP contribution in [0.1, 0.15) is 21.5 Å². The molecular weight excluding hydrogens is 172 g/mol. The van der Waals surface area contributed by atoms with Crippen molar-refractivity contribution in [3.8, 4) is 0 Å². The molecule has 2 aromatic rings. The third-order valence-electron chi connectivity index (χ3n) is 2.66. The Morgan fingerprint density at radius 1 is 0.929 bits per heavy atom. The van der Waals surface area contributed by atoms with Crippen LogP contribution in [0.15, 0.2) is 30.3 Å². The maximum Gasteiger partial charge on any atom is 0.150 e. The number of hydrogen-bond acceptors (Lipinski definition) is 1. The maximum absolute atomic E-state index is 11.0. The Hall–Kier alpha value is -1.63. The molecule has 0 heterocycles. The molecule has 0 aliphatic heterocycles. The topological polar surface area (TPSA) is 17.1 Å². The van der Waals surface area contributed by atoms with E-state index in [1.54, 1.807) is 0 Å². The van der Waals surface area contributed by atoms with Crippen LogP contribution in [0.2, 0.25) is 0 Å². The lowest BCUT2D eigenvalue weighted by atomic mass is 9.98. The molecule has 0 aromatic heterocycles. The van der Waals surface area contributed by atoms with E-state index in [4.69, 9.17) is 0 Å². The highest BCUT2D eigenvalue weighted by Gasteiger charge is 2.04. The van der Waals surface area contributed by atoms with Crippen molar-refractivity contribution in [2.45, 2.75) is 13.8 Å². The van der Waals surface area contributed by atoms with Crippen LogP contribution >= 0.6 is 0 Å². The molecule has 14 heavy (non-hydrogen) atoms. The highest BCUT2D eigenvalue weighted by Crippen LogP contribution is 2.23. The molecule has 1 heteroatoms. The van der Waals surface area contributed by atoms with Crippen LogP contribution in [0.5, 0.6) is 0 Å². The fraction of sp³-hybridized carbons (Fsp3) is 0.154. The van der Waals surface area contributed by atoms with E-state index in [0.717, 1.165) is 22.8 Å². The fourth-order valence-electron chi connectivity index (χ4n) is 1.80. The molecule has 0 atom stereocenters. The minimum Gasteiger partial charge on any atom is -0.298 e. The molecule has 0 saturated heterocycles. The van der Waals surface area contributed by atoms with E-state index in [0.29, 0.717) is 0 Å². The molecule has 2 aromatic carbocycles. The van der Waals surface area contributed by atoms with Gasteiger partial charge in [0.05, 0.1) is 0 Å². The van der Waals surface area contributed by atoms with Gasteiger partial charge in [0.15, 0.2) is 6.29 Å². The second-order valence-electron chi connectivity index (χ2n) is 3.58. The van der Waals surface area contributed by atoms with Crippen molar-refractivity contribution in [2.75, 3.05) is 0 Å². The van der Waals surface area contributed by atoms with Gasteiger partial charge >= 0.3 is 0 Å². The normalized spacial score (nSPS) is 10.4. The summed E-state index contributed by atoms with van der Waals surface area (Å²) in [6, 6.07) is 10.1. The smallest absolute Gasteiger partial charge is 0.150 e. The van der Waals surface area contributed by atoms with Gasteiger partial charge in [-0.05, 0) is 35.7 Å². The van der Waals surface area contributed by atoms with Crippen LogP contribution < -0.4 is 0 Å². The van der Waals surface area contributed by atoms with Crippen LogP contribution in [-0.4, -0.2) is 6.29 Å². The van der Waals surface area contributed by atoms with Gasteiger partial charge in [0.2, 0.25) is 0 Å². The monoisotopic (exact) mass is 184 g/mol. The highest BCUT2D eigenvalue weighted by atomic mass is 16.1. The second kappa shape index (κ2) is 3.26. The number of aldehydes is 1. The lowest BCUT2D eigenvalue weighted by molar-refractivity contribution is 0.112. The summed E-state index contributed by atoms with van der Waals surface area (Å²) in [7, 11) is 0. The number of benzene rings is 2. The number of aryl methyl sites for hydroxylation is 2. The Bertz CT molecular complexity index is 498. The molecule has 0 fully saturated rings. The molecule has 0 spiro atoms. The van der Waals surface area contributed by atoms with E-state index in [-0.39, 0.29) is 0 Å². The van der Waals surface area contributed by atoms with Crippen LogP contribution in [-0.2, 0) is 0 Å². The van der Waals surface area contributed by atoms with Gasteiger partial charge in [-0.3, -0.25) is 4.79 Å². The van der Waals surface area contributed by atoms with Gasteiger partial charge in [0.25, 0.3) is 0 Å². The van der Waals surface area contributed by atoms with Crippen molar-refractivity contribution in [2.24, 2.45) is 0 Å². The first-order chi connectivity index (χ1) is 6.74. The average Bonchev–Trinajstić information content (AvgIpc) is 2.18. The van der Waals surface area contributed by atoms with Crippen molar-refractivity contribution in [1.82, 2.24) is 0 Å². The Kier molecular flexibility index (Phi) is 2.08. The zero-order valence-corrected chi connectivity index (χ0v) is 8.37. The Morgan fingerprint density at radius 3 is 2.43 bits per heavy atom. The predicted octanol–water partition coefficient (Wildman–Crippen LogP) is 3.27. The summed E-state index contributed by atoms with van der Waals surface area (Å²) in [6.45, 7) is 4.03. The van der Waals surface area contributed by atoms with Crippen LogP contribution in [0.3, 0.4) is 0 Å². The number of carbonyl (C=O) groups is 1. The maximum atomic E-state index is 11.0. The number of carbonyl (C=O) groups excluding carboxylic acids is 1. The summed E-state index contributed by atoms with van der Waals surface area (Å²) in [4.78, 5) is 11.0. The molecule has 70 valence electrons. The fourth-order valence-corrected chi connectivity index (χ4v) is 1.80. The predicted molar refractivity (Wildman–Crippen MR) is 58.8 cm³/mol. The molecule has 0 N–H and O–H groups in total. The molecular formula is C13H12O. The van der Waals surface area contributed by atoms with Crippen molar-refractivity contribution in [1.29, 1.82) is 0 Å². The molecule has 0 aliphatic carbocycles. The lowest BCUT2D eigenvalue weighted by Gasteiger charge is -2.06. The third kappa shape index (κ3) is 1.22. The minimum absolute atomic E-state index is 0.811. The molecule has 0 saturated carbocycles. The third-order valence-corrected chi connectivity index (χ3v) is 2.66. The van der Waals surface area contributed by atoms with Gasteiger partial charge in [-0.25, -0.2) is 0 Å². The summed E-state index contributed by atoms with van der Waals surface area (Å²) < 4.78 is 0. The first kappa shape index (κ1) is 8.95. The summed E-state index contributed by atoms with van der Waals surface area (Å²) in [5.74, 6) is 0. The number of rotatable bonds is 1. The summed E-state index contributed by atoms with van der Waals surface area (Å²) >= 11 is 0. The van der Waals surface area contributed by atoms with Gasteiger partial charge in [0, 0.05) is 5.56 Å². The van der Waals surface area contributed by atoms with Gasteiger partial charge < -0.3 is 0 Å². The molecule has 0 radical (unpaired) electrons. The standard InChI is InChI=1S/C13H12O/c1-9-4-3-5-12-11(9)7-6-10(2)13(12)8-14/h3-8H,1-2H3. The zero-order chi connectivity index (χ0) is 10.1. The molecule has 0 unspecified atom stereocenters. The molecule has 1 nitrogen and oxygen atoms in total. The first-order valence-corrected chi connectivity index (χ1v) is 4.68. The molecule has 2 rings (SSSR count). The van der Waals surface area contributed by atoms with E-state index >= 15 is 0 Å². The van der Waals surface area contributed by atoms with Crippen LogP contribution in [0.25, 0.3) is 10.8 Å². The Labute approximate surface area is 83.4 Å². The van der Waals surface area contributed by atoms with Crippen molar-refractivity contribution >= 4 is 17.1 Å². The summed E-state index contributed by atoms with van der Waals surface area (Å²) in [6.07, 6.45) is 0.942. The Morgan fingerprint density at radius 2 is 1.71 bits per heavy atom. The molecule has 0 amide bonds.